The van der Waals surface area contributed by atoms with Crippen LogP contribution < -0.4 is 0 Å². The Kier molecular flexibility index (Phi) is 6.05. The predicted molar refractivity (Wildman–Crippen MR) is 60.1 cm³/mol. The van der Waals surface area contributed by atoms with Crippen molar-refractivity contribution in [1.82, 2.24) is 0 Å². The van der Waals surface area contributed by atoms with E-state index in [2.05, 4.69) is 6.92 Å². The van der Waals surface area contributed by atoms with Crippen LogP contribution in [0.25, 0.3) is 0 Å². The Morgan fingerprint density at radius 2 is 2.14 bits per heavy atom. The van der Waals surface area contributed by atoms with E-state index in [0.29, 0.717) is 6.61 Å². The second-order valence-corrected chi connectivity index (χ2v) is 4.14. The highest BCUT2D eigenvalue weighted by Crippen LogP contribution is 2.20. The van der Waals surface area contributed by atoms with E-state index in [0.717, 1.165) is 12.8 Å². The maximum absolute atomic E-state index is 9.88. The lowest BCUT2D eigenvalue weighted by Gasteiger charge is -2.30. The number of hydrogen-bond donors (Lipinski definition) is 1. The van der Waals surface area contributed by atoms with E-state index in [4.69, 9.17) is 4.74 Å². The first kappa shape index (κ1) is 13.7. The SMILES string of the molecule is [CH2]/C=C(\C)CCC(O)C(C)(C)OCC. The molecule has 83 valence electrons. The molecule has 0 fully saturated rings. The molecule has 2 nitrogen and oxygen atoms in total. The van der Waals surface area contributed by atoms with E-state index >= 15 is 0 Å². The highest BCUT2D eigenvalue weighted by Gasteiger charge is 2.27. The third kappa shape index (κ3) is 4.77. The predicted octanol–water partition coefficient (Wildman–Crippen LogP) is 2.72. The lowest BCUT2D eigenvalue weighted by molar-refractivity contribution is -0.0983. The molecule has 0 aliphatic rings. The van der Waals surface area contributed by atoms with Crippen LogP contribution in [0.3, 0.4) is 0 Å². The van der Waals surface area contributed by atoms with E-state index in [1.54, 1.807) is 0 Å². The normalized spacial score (nSPS) is 15.7. The Hall–Kier alpha value is -0.340. The first-order chi connectivity index (χ1) is 6.44. The number of rotatable bonds is 6. The molecule has 0 saturated heterocycles. The second-order valence-electron chi connectivity index (χ2n) is 4.14. The topological polar surface area (TPSA) is 29.5 Å². The van der Waals surface area contributed by atoms with Gasteiger partial charge in [-0.15, -0.1) is 0 Å². The molecule has 0 rings (SSSR count). The lowest BCUT2D eigenvalue weighted by atomic mass is 9.95. The first-order valence-corrected chi connectivity index (χ1v) is 5.21. The van der Waals surface area contributed by atoms with Gasteiger partial charge in [0.15, 0.2) is 0 Å². The maximum atomic E-state index is 9.88. The third-order valence-electron chi connectivity index (χ3n) is 2.48. The molecule has 0 aliphatic heterocycles. The zero-order chi connectivity index (χ0) is 11.2. The van der Waals surface area contributed by atoms with Gasteiger partial charge in [0, 0.05) is 6.61 Å². The number of hydrogen-bond acceptors (Lipinski definition) is 2. The Bertz CT molecular complexity index is 183. The number of allylic oxidation sites excluding steroid dienone is 2. The van der Waals surface area contributed by atoms with Gasteiger partial charge in [-0.3, -0.25) is 0 Å². The molecule has 0 aromatic rings. The second kappa shape index (κ2) is 6.20. The van der Waals surface area contributed by atoms with Gasteiger partial charge >= 0.3 is 0 Å². The molecule has 0 aromatic heterocycles. The average molecular weight is 199 g/mol. The molecule has 14 heavy (non-hydrogen) atoms. The van der Waals surface area contributed by atoms with Crippen molar-refractivity contribution in [2.75, 3.05) is 6.61 Å². The minimum atomic E-state index is -0.448. The van der Waals surface area contributed by atoms with E-state index < -0.39 is 11.7 Å². The summed E-state index contributed by atoms with van der Waals surface area (Å²) in [7, 11) is 0. The van der Waals surface area contributed by atoms with Crippen LogP contribution in [0.15, 0.2) is 11.6 Å². The summed E-state index contributed by atoms with van der Waals surface area (Å²) in [5.41, 5.74) is 0.757. The fourth-order valence-electron chi connectivity index (χ4n) is 1.28. The van der Waals surface area contributed by atoms with Gasteiger partial charge in [0.2, 0.25) is 0 Å². The number of aliphatic hydroxyl groups is 1. The van der Waals surface area contributed by atoms with Crippen molar-refractivity contribution in [2.45, 2.75) is 52.2 Å². The molecular formula is C12H23O2. The Labute approximate surface area is 88.0 Å². The van der Waals surface area contributed by atoms with Gasteiger partial charge in [0.25, 0.3) is 0 Å². The van der Waals surface area contributed by atoms with Gasteiger partial charge in [0.1, 0.15) is 0 Å². The fourth-order valence-corrected chi connectivity index (χ4v) is 1.28. The summed E-state index contributed by atoms with van der Waals surface area (Å²) in [5, 5.41) is 9.88. The average Bonchev–Trinajstić information content (AvgIpc) is 2.13. The van der Waals surface area contributed by atoms with E-state index in [1.165, 1.54) is 5.57 Å². The fraction of sp³-hybridized carbons (Fsp3) is 0.750. The maximum Gasteiger partial charge on any atom is 0.0884 e. The molecule has 0 saturated carbocycles. The number of ether oxygens (including phenoxy) is 1. The minimum absolute atomic E-state index is 0.419. The van der Waals surface area contributed by atoms with Gasteiger partial charge in [-0.25, -0.2) is 0 Å². The van der Waals surface area contributed by atoms with Crippen molar-refractivity contribution in [1.29, 1.82) is 0 Å². The van der Waals surface area contributed by atoms with Gasteiger partial charge in [-0.2, -0.15) is 0 Å². The minimum Gasteiger partial charge on any atom is -0.390 e. The van der Waals surface area contributed by atoms with Crippen molar-refractivity contribution >= 4 is 0 Å². The summed E-state index contributed by atoms with van der Waals surface area (Å²) in [6.45, 7) is 12.1. The molecule has 0 bridgehead atoms. The zero-order valence-electron chi connectivity index (χ0n) is 9.84. The molecule has 1 atom stereocenters. The van der Waals surface area contributed by atoms with Crippen LogP contribution in [-0.4, -0.2) is 23.4 Å². The standard InChI is InChI=1S/C12H23O2/c1-6-10(3)8-9-11(13)12(4,5)14-7-2/h6,11,13H,1,7-9H2,2-5H3/b10-6+. The van der Waals surface area contributed by atoms with Crippen LogP contribution in [0.4, 0.5) is 0 Å². The highest BCUT2D eigenvalue weighted by atomic mass is 16.5. The number of aliphatic hydroxyl groups excluding tert-OH is 1. The van der Waals surface area contributed by atoms with Crippen LogP contribution in [0, 0.1) is 6.92 Å². The molecule has 1 radical (unpaired) electrons. The summed E-state index contributed by atoms with van der Waals surface area (Å²) < 4.78 is 5.47. The van der Waals surface area contributed by atoms with Crippen molar-refractivity contribution in [3.05, 3.63) is 18.6 Å². The van der Waals surface area contributed by atoms with Crippen LogP contribution >= 0.6 is 0 Å². The van der Waals surface area contributed by atoms with E-state index in [-0.39, 0.29) is 0 Å². The third-order valence-corrected chi connectivity index (χ3v) is 2.48. The van der Waals surface area contributed by atoms with E-state index in [9.17, 15) is 5.11 Å². The van der Waals surface area contributed by atoms with Gasteiger partial charge < -0.3 is 9.84 Å². The van der Waals surface area contributed by atoms with Crippen molar-refractivity contribution in [3.63, 3.8) is 0 Å². The Balaban J connectivity index is 4.00. The molecule has 0 heterocycles. The largest absolute Gasteiger partial charge is 0.390 e. The van der Waals surface area contributed by atoms with Gasteiger partial charge in [-0.05, 0) is 47.5 Å². The summed E-state index contributed by atoms with van der Waals surface area (Å²) in [6, 6.07) is 0. The summed E-state index contributed by atoms with van der Waals surface area (Å²) in [4.78, 5) is 0. The summed E-state index contributed by atoms with van der Waals surface area (Å²) in [6.07, 6.45) is 3.02. The summed E-state index contributed by atoms with van der Waals surface area (Å²) >= 11 is 0. The molecule has 1 N–H and O–H groups in total. The Morgan fingerprint density at radius 3 is 2.57 bits per heavy atom. The molecular weight excluding hydrogens is 176 g/mol. The quantitative estimate of drug-likeness (QED) is 0.712. The van der Waals surface area contributed by atoms with Gasteiger partial charge in [-0.1, -0.05) is 11.6 Å². The van der Waals surface area contributed by atoms with Gasteiger partial charge in [0.05, 0.1) is 11.7 Å². The van der Waals surface area contributed by atoms with Crippen LogP contribution in [0.1, 0.15) is 40.5 Å². The van der Waals surface area contributed by atoms with Crippen molar-refractivity contribution in [3.8, 4) is 0 Å². The molecule has 2 heteroatoms. The molecule has 0 spiro atoms. The molecule has 0 aromatic carbocycles. The van der Waals surface area contributed by atoms with Crippen LogP contribution in [0.2, 0.25) is 0 Å². The molecule has 1 unspecified atom stereocenters. The smallest absolute Gasteiger partial charge is 0.0884 e. The van der Waals surface area contributed by atoms with E-state index in [1.807, 2.05) is 33.8 Å². The van der Waals surface area contributed by atoms with Crippen molar-refractivity contribution < 1.29 is 9.84 Å². The summed E-state index contributed by atoms with van der Waals surface area (Å²) in [5.74, 6) is 0. The molecule has 0 amide bonds. The lowest BCUT2D eigenvalue weighted by Crippen LogP contribution is -2.39. The van der Waals surface area contributed by atoms with Crippen LogP contribution in [0.5, 0.6) is 0 Å². The Morgan fingerprint density at radius 1 is 1.57 bits per heavy atom. The first-order valence-electron chi connectivity index (χ1n) is 5.21. The highest BCUT2D eigenvalue weighted by molar-refractivity contribution is 5.00. The zero-order valence-corrected chi connectivity index (χ0v) is 9.84. The monoisotopic (exact) mass is 199 g/mol. The van der Waals surface area contributed by atoms with Crippen molar-refractivity contribution in [2.24, 2.45) is 0 Å². The van der Waals surface area contributed by atoms with Crippen LogP contribution in [-0.2, 0) is 4.74 Å². The molecule has 0 aliphatic carbocycles.